The van der Waals surface area contributed by atoms with E-state index in [-0.39, 0.29) is 0 Å². The van der Waals surface area contributed by atoms with E-state index in [9.17, 15) is 0 Å². The summed E-state index contributed by atoms with van der Waals surface area (Å²) in [6.45, 7) is 4.70. The Balaban J connectivity index is 1.34. The van der Waals surface area contributed by atoms with Gasteiger partial charge in [-0.3, -0.25) is 4.90 Å². The van der Waals surface area contributed by atoms with Crippen molar-refractivity contribution in [3.05, 3.63) is 53.6 Å². The number of rotatable bonds is 5. The normalized spacial score (nSPS) is 19.3. The summed E-state index contributed by atoms with van der Waals surface area (Å²) < 4.78 is 2.47. The van der Waals surface area contributed by atoms with Gasteiger partial charge in [0.2, 0.25) is 0 Å². The molecule has 128 valence electrons. The fourth-order valence-corrected chi connectivity index (χ4v) is 4.39. The second-order valence-corrected chi connectivity index (χ2v) is 7.54. The largest absolute Gasteiger partial charge is 0.330 e. The van der Waals surface area contributed by atoms with Crippen molar-refractivity contribution in [1.82, 2.24) is 14.5 Å². The predicted molar refractivity (Wildman–Crippen MR) is 97.9 cm³/mol. The highest BCUT2D eigenvalue weighted by atomic mass is 15.2. The van der Waals surface area contributed by atoms with Crippen LogP contribution in [0.4, 0.5) is 0 Å². The number of imidazole rings is 1. The lowest BCUT2D eigenvalue weighted by molar-refractivity contribution is 0.166. The maximum Gasteiger partial charge on any atom is 0.109 e. The minimum Gasteiger partial charge on any atom is -0.330 e. The molecule has 3 heteroatoms. The summed E-state index contributed by atoms with van der Waals surface area (Å²) in [5.41, 5.74) is 2.82. The molecule has 4 rings (SSSR count). The van der Waals surface area contributed by atoms with Gasteiger partial charge >= 0.3 is 0 Å². The third-order valence-corrected chi connectivity index (χ3v) is 5.77. The Labute approximate surface area is 145 Å². The van der Waals surface area contributed by atoms with E-state index in [0.717, 1.165) is 31.8 Å². The van der Waals surface area contributed by atoms with Crippen molar-refractivity contribution in [2.75, 3.05) is 13.1 Å². The first-order chi connectivity index (χ1) is 11.9. The molecule has 1 fully saturated rings. The van der Waals surface area contributed by atoms with Gasteiger partial charge in [0.15, 0.2) is 0 Å². The van der Waals surface area contributed by atoms with E-state index < -0.39 is 0 Å². The minimum absolute atomic E-state index is 0.936. The summed E-state index contributed by atoms with van der Waals surface area (Å²) in [5.74, 6) is 2.21. The molecule has 0 bridgehead atoms. The Morgan fingerprint density at radius 2 is 1.79 bits per heavy atom. The van der Waals surface area contributed by atoms with Crippen LogP contribution >= 0.6 is 0 Å². The Kier molecular flexibility index (Phi) is 4.98. The van der Waals surface area contributed by atoms with Crippen LogP contribution in [0.2, 0.25) is 0 Å². The van der Waals surface area contributed by atoms with Crippen molar-refractivity contribution in [1.29, 1.82) is 0 Å². The molecule has 0 atom stereocenters. The summed E-state index contributed by atoms with van der Waals surface area (Å²) in [4.78, 5) is 7.39. The topological polar surface area (TPSA) is 21.1 Å². The zero-order chi connectivity index (χ0) is 16.2. The summed E-state index contributed by atoms with van der Waals surface area (Å²) >= 11 is 0. The van der Waals surface area contributed by atoms with Crippen LogP contribution in [0.3, 0.4) is 0 Å². The quantitative estimate of drug-likeness (QED) is 0.827. The molecule has 0 saturated heterocycles. The van der Waals surface area contributed by atoms with Gasteiger partial charge in [-0.15, -0.1) is 0 Å². The standard InChI is InChI=1S/C21H29N3/c1-3-7-18(8-4-1)11-12-21-22-15-20-17-23(13-14-24(20)21)16-19-9-5-2-6-10-19/h1,3-4,7-8,15,19H,2,5-6,9-14,16-17H2. The zero-order valence-corrected chi connectivity index (χ0v) is 14.7. The first-order valence-corrected chi connectivity index (χ1v) is 9.68. The van der Waals surface area contributed by atoms with E-state index in [0.29, 0.717) is 0 Å². The molecular formula is C21H29N3. The van der Waals surface area contributed by atoms with Crippen LogP contribution in [0.15, 0.2) is 36.5 Å². The van der Waals surface area contributed by atoms with Crippen LogP contribution < -0.4 is 0 Å². The summed E-state index contributed by atoms with van der Waals surface area (Å²) in [6.07, 6.45) is 11.5. The maximum absolute atomic E-state index is 4.73. The molecule has 2 heterocycles. The van der Waals surface area contributed by atoms with Gasteiger partial charge in [0, 0.05) is 38.8 Å². The van der Waals surface area contributed by atoms with Crippen molar-refractivity contribution in [2.24, 2.45) is 5.92 Å². The first kappa shape index (κ1) is 15.9. The van der Waals surface area contributed by atoms with Crippen LogP contribution in [0.25, 0.3) is 0 Å². The lowest BCUT2D eigenvalue weighted by atomic mass is 9.89. The summed E-state index contributed by atoms with van der Waals surface area (Å²) in [7, 11) is 0. The minimum atomic E-state index is 0.936. The molecule has 1 aromatic carbocycles. The number of hydrogen-bond donors (Lipinski definition) is 0. The van der Waals surface area contributed by atoms with E-state index in [1.54, 1.807) is 0 Å². The molecule has 0 spiro atoms. The van der Waals surface area contributed by atoms with Gasteiger partial charge in [-0.2, -0.15) is 0 Å². The van der Waals surface area contributed by atoms with Gasteiger partial charge in [0.05, 0.1) is 5.69 Å². The second-order valence-electron chi connectivity index (χ2n) is 7.54. The Bertz CT molecular complexity index is 640. The fourth-order valence-electron chi connectivity index (χ4n) is 4.39. The van der Waals surface area contributed by atoms with Crippen molar-refractivity contribution >= 4 is 0 Å². The second kappa shape index (κ2) is 7.52. The Hall–Kier alpha value is -1.61. The van der Waals surface area contributed by atoms with Gasteiger partial charge in [-0.1, -0.05) is 49.6 Å². The smallest absolute Gasteiger partial charge is 0.109 e. The van der Waals surface area contributed by atoms with Crippen molar-refractivity contribution in [3.63, 3.8) is 0 Å². The van der Waals surface area contributed by atoms with Crippen LogP contribution in [-0.4, -0.2) is 27.5 Å². The first-order valence-electron chi connectivity index (χ1n) is 9.68. The van der Waals surface area contributed by atoms with E-state index >= 15 is 0 Å². The number of aromatic nitrogens is 2. The molecule has 2 aliphatic rings. The molecule has 1 aromatic heterocycles. The lowest BCUT2D eigenvalue weighted by Crippen LogP contribution is -2.37. The molecule has 0 amide bonds. The van der Waals surface area contributed by atoms with Gasteiger partial charge in [-0.25, -0.2) is 4.98 Å². The molecule has 2 aromatic rings. The highest BCUT2D eigenvalue weighted by molar-refractivity contribution is 5.16. The van der Waals surface area contributed by atoms with E-state index in [1.807, 2.05) is 0 Å². The van der Waals surface area contributed by atoms with E-state index in [2.05, 4.69) is 46.0 Å². The maximum atomic E-state index is 4.73. The predicted octanol–water partition coefficient (Wildman–Crippen LogP) is 4.06. The molecule has 0 unspecified atom stereocenters. The van der Waals surface area contributed by atoms with Crippen LogP contribution in [-0.2, 0) is 25.9 Å². The fraction of sp³-hybridized carbons (Fsp3) is 0.571. The monoisotopic (exact) mass is 323 g/mol. The lowest BCUT2D eigenvalue weighted by Gasteiger charge is -2.33. The SMILES string of the molecule is c1ccc(CCc2ncc3n2CCN(CC2CCCCC2)C3)cc1. The summed E-state index contributed by atoms with van der Waals surface area (Å²) in [6, 6.07) is 10.8. The van der Waals surface area contributed by atoms with Crippen molar-refractivity contribution in [3.8, 4) is 0 Å². The third-order valence-electron chi connectivity index (χ3n) is 5.77. The molecule has 1 aliphatic heterocycles. The molecule has 3 nitrogen and oxygen atoms in total. The van der Waals surface area contributed by atoms with Crippen LogP contribution in [0.1, 0.15) is 49.2 Å². The molecule has 1 saturated carbocycles. The number of hydrogen-bond acceptors (Lipinski definition) is 2. The zero-order valence-electron chi connectivity index (χ0n) is 14.7. The van der Waals surface area contributed by atoms with E-state index in [1.165, 1.54) is 62.3 Å². The van der Waals surface area contributed by atoms with E-state index in [4.69, 9.17) is 4.98 Å². The van der Waals surface area contributed by atoms with Gasteiger partial charge < -0.3 is 4.57 Å². The average Bonchev–Trinajstić information content (AvgIpc) is 3.04. The Morgan fingerprint density at radius 1 is 0.958 bits per heavy atom. The molecular weight excluding hydrogens is 294 g/mol. The molecule has 1 aliphatic carbocycles. The molecule has 0 N–H and O–H groups in total. The van der Waals surface area contributed by atoms with Crippen molar-refractivity contribution < 1.29 is 0 Å². The molecule has 24 heavy (non-hydrogen) atoms. The highest BCUT2D eigenvalue weighted by Crippen LogP contribution is 2.26. The van der Waals surface area contributed by atoms with Gasteiger partial charge in [0.25, 0.3) is 0 Å². The highest BCUT2D eigenvalue weighted by Gasteiger charge is 2.22. The number of benzene rings is 1. The number of aryl methyl sites for hydroxylation is 2. The summed E-state index contributed by atoms with van der Waals surface area (Å²) in [5, 5.41) is 0. The Morgan fingerprint density at radius 3 is 2.62 bits per heavy atom. The molecule has 0 radical (unpaired) electrons. The van der Waals surface area contributed by atoms with Crippen molar-refractivity contribution in [2.45, 2.75) is 58.0 Å². The van der Waals surface area contributed by atoms with Crippen LogP contribution in [0, 0.1) is 5.92 Å². The van der Waals surface area contributed by atoms with Gasteiger partial charge in [-0.05, 0) is 30.7 Å². The number of nitrogens with zero attached hydrogens (tertiary/aromatic N) is 3. The van der Waals surface area contributed by atoms with Crippen LogP contribution in [0.5, 0.6) is 0 Å². The number of fused-ring (bicyclic) bond motifs is 1. The average molecular weight is 323 g/mol. The third kappa shape index (κ3) is 3.72. The van der Waals surface area contributed by atoms with Gasteiger partial charge in [0.1, 0.15) is 5.82 Å².